The third-order valence-electron chi connectivity index (χ3n) is 1.49. The molecule has 0 fully saturated rings. The number of rotatable bonds is 1. The van der Waals surface area contributed by atoms with E-state index in [-0.39, 0.29) is 31.8 Å². The molecule has 0 aromatic heterocycles. The molecular formula is C10H9Hf-. The Morgan fingerprint density at radius 2 is 2.00 bits per heavy atom. The minimum absolute atomic E-state index is 0. The van der Waals surface area contributed by atoms with Crippen LogP contribution in [0.5, 0.6) is 0 Å². The third kappa shape index (κ3) is 3.03. The summed E-state index contributed by atoms with van der Waals surface area (Å²) in [5.74, 6) is 2.88. The van der Waals surface area contributed by atoms with Gasteiger partial charge in [-0.2, -0.15) is 30.3 Å². The molecule has 0 heterocycles. The van der Waals surface area contributed by atoms with Crippen LogP contribution in [0.1, 0.15) is 18.4 Å². The van der Waals surface area contributed by atoms with E-state index >= 15 is 0 Å². The van der Waals surface area contributed by atoms with E-state index in [9.17, 15) is 0 Å². The fraction of sp³-hybridized carbons (Fsp3) is 0.200. The van der Waals surface area contributed by atoms with Crippen LogP contribution in [0.3, 0.4) is 0 Å². The number of terminal acetylenes is 1. The SMILES string of the molecule is C#C[C@@H](C)c1cc[c-]cc1.[Hf]. The van der Waals surface area contributed by atoms with E-state index in [2.05, 4.69) is 12.0 Å². The van der Waals surface area contributed by atoms with Crippen molar-refractivity contribution in [3.05, 3.63) is 35.9 Å². The largest absolute Gasteiger partial charge is 0.184 e. The Hall–Kier alpha value is -0.350. The number of hydrogen-bond acceptors (Lipinski definition) is 0. The van der Waals surface area contributed by atoms with Gasteiger partial charge in [-0.3, -0.25) is 0 Å². The van der Waals surface area contributed by atoms with Crippen molar-refractivity contribution >= 4 is 0 Å². The standard InChI is InChI=1S/C10H9.Hf/c1-3-9(2)10-7-5-4-6-8-10;/h1,5-9H,2H3;/q-1;/t9-;/m1./s1. The van der Waals surface area contributed by atoms with Crippen molar-refractivity contribution in [1.82, 2.24) is 0 Å². The van der Waals surface area contributed by atoms with Crippen LogP contribution in [-0.2, 0) is 25.8 Å². The molecule has 1 aromatic carbocycles. The molecule has 0 saturated heterocycles. The average molecular weight is 308 g/mol. The monoisotopic (exact) mass is 309 g/mol. The Morgan fingerprint density at radius 3 is 2.45 bits per heavy atom. The second-order valence-electron chi connectivity index (χ2n) is 2.22. The molecule has 0 N–H and O–H groups in total. The Bertz CT molecular complexity index is 233. The zero-order chi connectivity index (χ0) is 7.40. The van der Waals surface area contributed by atoms with Gasteiger partial charge >= 0.3 is 0 Å². The first-order chi connectivity index (χ1) is 4.84. The van der Waals surface area contributed by atoms with Gasteiger partial charge in [0.1, 0.15) is 0 Å². The summed E-state index contributed by atoms with van der Waals surface area (Å²) in [6.45, 7) is 2.01. The van der Waals surface area contributed by atoms with Crippen molar-refractivity contribution in [2.24, 2.45) is 0 Å². The molecule has 1 aromatic rings. The maximum absolute atomic E-state index is 5.24. The molecule has 1 rings (SSSR count). The second kappa shape index (κ2) is 5.32. The van der Waals surface area contributed by atoms with E-state index in [4.69, 9.17) is 6.42 Å². The van der Waals surface area contributed by atoms with E-state index in [1.54, 1.807) is 0 Å². The van der Waals surface area contributed by atoms with Crippen LogP contribution in [0.15, 0.2) is 24.3 Å². The predicted octanol–water partition coefficient (Wildman–Crippen LogP) is 2.22. The minimum Gasteiger partial charge on any atom is -0.184 e. The predicted molar refractivity (Wildman–Crippen MR) is 42.5 cm³/mol. The smallest absolute Gasteiger partial charge is 0.0201 e. The fourth-order valence-corrected chi connectivity index (χ4v) is 0.785. The summed E-state index contributed by atoms with van der Waals surface area (Å²) >= 11 is 0. The fourth-order valence-electron chi connectivity index (χ4n) is 0.785. The van der Waals surface area contributed by atoms with Crippen molar-refractivity contribution in [2.45, 2.75) is 12.8 Å². The summed E-state index contributed by atoms with van der Waals surface area (Å²) in [7, 11) is 0. The van der Waals surface area contributed by atoms with Gasteiger partial charge in [0.05, 0.1) is 0 Å². The van der Waals surface area contributed by atoms with Crippen LogP contribution in [0.2, 0.25) is 0 Å². The Morgan fingerprint density at radius 1 is 1.45 bits per heavy atom. The molecule has 54 valence electrons. The van der Waals surface area contributed by atoms with E-state index in [1.165, 1.54) is 5.56 Å². The van der Waals surface area contributed by atoms with Gasteiger partial charge in [-0.1, -0.05) is 0 Å². The number of benzene rings is 1. The summed E-state index contributed by atoms with van der Waals surface area (Å²) in [4.78, 5) is 0. The molecule has 0 aliphatic heterocycles. The van der Waals surface area contributed by atoms with Crippen LogP contribution >= 0.6 is 0 Å². The Kier molecular flexibility index (Phi) is 5.15. The first-order valence-corrected chi connectivity index (χ1v) is 3.26. The average Bonchev–Trinajstić information content (AvgIpc) is 2.05. The third-order valence-corrected chi connectivity index (χ3v) is 1.49. The molecule has 0 spiro atoms. The van der Waals surface area contributed by atoms with Gasteiger partial charge in [0, 0.05) is 31.8 Å². The van der Waals surface area contributed by atoms with E-state index in [0.717, 1.165) is 0 Å². The van der Waals surface area contributed by atoms with Crippen LogP contribution in [-0.4, -0.2) is 0 Å². The molecule has 0 saturated carbocycles. The van der Waals surface area contributed by atoms with Crippen molar-refractivity contribution in [3.8, 4) is 12.3 Å². The molecule has 0 radical (unpaired) electrons. The van der Waals surface area contributed by atoms with Gasteiger partial charge in [0.25, 0.3) is 0 Å². The number of hydrogen-bond donors (Lipinski definition) is 0. The quantitative estimate of drug-likeness (QED) is 0.424. The molecular weight excluding hydrogens is 299 g/mol. The Labute approximate surface area is 86.8 Å². The molecule has 0 aliphatic rings. The maximum Gasteiger partial charge on any atom is 0.0201 e. The maximum atomic E-state index is 5.24. The molecule has 0 nitrogen and oxygen atoms in total. The molecule has 1 heteroatoms. The topological polar surface area (TPSA) is 0 Å². The van der Waals surface area contributed by atoms with Gasteiger partial charge in [0.2, 0.25) is 0 Å². The van der Waals surface area contributed by atoms with Gasteiger partial charge < -0.3 is 0 Å². The van der Waals surface area contributed by atoms with Gasteiger partial charge in [-0.25, -0.2) is 0 Å². The van der Waals surface area contributed by atoms with Crippen molar-refractivity contribution in [3.63, 3.8) is 0 Å². The summed E-state index contributed by atoms with van der Waals surface area (Å²) in [6, 6.07) is 10.7. The van der Waals surface area contributed by atoms with E-state index in [1.807, 2.05) is 31.2 Å². The summed E-state index contributed by atoms with van der Waals surface area (Å²) in [5, 5.41) is 0. The van der Waals surface area contributed by atoms with Crippen LogP contribution in [0.4, 0.5) is 0 Å². The summed E-state index contributed by atoms with van der Waals surface area (Å²) < 4.78 is 0. The van der Waals surface area contributed by atoms with E-state index in [0.29, 0.717) is 0 Å². The van der Waals surface area contributed by atoms with Gasteiger partial charge in [0.15, 0.2) is 0 Å². The van der Waals surface area contributed by atoms with Gasteiger partial charge in [-0.15, -0.1) is 17.9 Å². The van der Waals surface area contributed by atoms with Crippen LogP contribution in [0, 0.1) is 18.4 Å². The van der Waals surface area contributed by atoms with Crippen LogP contribution in [0.25, 0.3) is 0 Å². The van der Waals surface area contributed by atoms with Crippen molar-refractivity contribution in [1.29, 1.82) is 0 Å². The normalized spacial score (nSPS) is 10.9. The van der Waals surface area contributed by atoms with E-state index < -0.39 is 0 Å². The summed E-state index contributed by atoms with van der Waals surface area (Å²) in [5.41, 5.74) is 1.18. The molecule has 11 heavy (non-hydrogen) atoms. The second-order valence-corrected chi connectivity index (χ2v) is 2.22. The van der Waals surface area contributed by atoms with Crippen molar-refractivity contribution < 1.29 is 25.8 Å². The zero-order valence-corrected chi connectivity index (χ0v) is 10.1. The van der Waals surface area contributed by atoms with Gasteiger partial charge in [-0.05, 0) is 6.92 Å². The Balaban J connectivity index is 0.000001000. The zero-order valence-electron chi connectivity index (χ0n) is 6.46. The molecule has 0 unspecified atom stereocenters. The molecule has 0 aliphatic carbocycles. The molecule has 0 bridgehead atoms. The van der Waals surface area contributed by atoms with Crippen molar-refractivity contribution in [2.75, 3.05) is 0 Å². The first-order valence-electron chi connectivity index (χ1n) is 3.26. The minimum atomic E-state index is 0. The van der Waals surface area contributed by atoms with Crippen LogP contribution < -0.4 is 0 Å². The summed E-state index contributed by atoms with van der Waals surface area (Å²) in [6.07, 6.45) is 5.24. The molecule has 1 atom stereocenters. The first kappa shape index (κ1) is 10.7. The molecule has 0 amide bonds.